The number of methoxy groups -OCH3 is 1. The van der Waals surface area contributed by atoms with Gasteiger partial charge in [-0.3, -0.25) is 9.48 Å². The molecule has 2 heterocycles. The minimum Gasteiger partial charge on any atom is -0.465 e. The Hall–Kier alpha value is -2.15. The molecule has 124 valence electrons. The van der Waals surface area contributed by atoms with Crippen molar-refractivity contribution in [2.45, 2.75) is 33.6 Å². The van der Waals surface area contributed by atoms with Crippen LogP contribution in [0.5, 0.6) is 0 Å². The summed E-state index contributed by atoms with van der Waals surface area (Å²) in [6, 6.07) is 1.78. The van der Waals surface area contributed by atoms with Gasteiger partial charge < -0.3 is 10.1 Å². The number of amides is 1. The molecule has 1 amide bonds. The first-order chi connectivity index (χ1) is 10.8. The third-order valence-corrected chi connectivity index (χ3v) is 5.06. The SMILES string of the molecule is COC(=O)c1sc(NC(=O)[C@@H](C)c2c(C)nn(C)c2C)cc1C. The van der Waals surface area contributed by atoms with Crippen molar-refractivity contribution in [1.29, 1.82) is 0 Å². The summed E-state index contributed by atoms with van der Waals surface area (Å²) in [5, 5.41) is 7.87. The van der Waals surface area contributed by atoms with E-state index in [1.165, 1.54) is 18.4 Å². The van der Waals surface area contributed by atoms with Crippen LogP contribution >= 0.6 is 11.3 Å². The number of thiophene rings is 1. The molecular formula is C16H21N3O3S. The van der Waals surface area contributed by atoms with Crippen molar-refractivity contribution < 1.29 is 14.3 Å². The molecule has 0 saturated heterocycles. The van der Waals surface area contributed by atoms with Gasteiger partial charge in [-0.25, -0.2) is 4.79 Å². The van der Waals surface area contributed by atoms with Crippen LogP contribution in [0.4, 0.5) is 5.00 Å². The van der Waals surface area contributed by atoms with E-state index in [2.05, 4.69) is 10.4 Å². The van der Waals surface area contributed by atoms with Crippen molar-refractivity contribution in [3.63, 3.8) is 0 Å². The summed E-state index contributed by atoms with van der Waals surface area (Å²) in [4.78, 5) is 24.7. The normalized spacial score (nSPS) is 12.1. The van der Waals surface area contributed by atoms with Crippen LogP contribution in [0, 0.1) is 20.8 Å². The monoisotopic (exact) mass is 335 g/mol. The average Bonchev–Trinajstić information content (AvgIpc) is 2.97. The van der Waals surface area contributed by atoms with Crippen LogP contribution in [0.25, 0.3) is 0 Å². The molecule has 0 aliphatic rings. The molecule has 1 N–H and O–H groups in total. The molecular weight excluding hydrogens is 314 g/mol. The summed E-state index contributed by atoms with van der Waals surface area (Å²) < 4.78 is 6.51. The van der Waals surface area contributed by atoms with Crippen molar-refractivity contribution in [1.82, 2.24) is 9.78 Å². The number of aromatic nitrogens is 2. The van der Waals surface area contributed by atoms with E-state index in [0.29, 0.717) is 9.88 Å². The smallest absolute Gasteiger partial charge is 0.348 e. The van der Waals surface area contributed by atoms with Gasteiger partial charge in [-0.2, -0.15) is 5.10 Å². The van der Waals surface area contributed by atoms with Gasteiger partial charge in [0.05, 0.1) is 23.7 Å². The molecule has 2 aromatic heterocycles. The molecule has 6 nitrogen and oxygen atoms in total. The molecule has 0 radical (unpaired) electrons. The second-order valence-corrected chi connectivity index (χ2v) is 6.59. The minimum atomic E-state index is -0.389. The molecule has 2 rings (SSSR count). The molecule has 0 aliphatic heterocycles. The number of hydrogen-bond donors (Lipinski definition) is 1. The molecule has 0 bridgehead atoms. The number of ether oxygens (including phenoxy) is 1. The number of anilines is 1. The minimum absolute atomic E-state index is 0.123. The van der Waals surface area contributed by atoms with E-state index in [4.69, 9.17) is 4.74 Å². The second-order valence-electron chi connectivity index (χ2n) is 5.53. The summed E-state index contributed by atoms with van der Waals surface area (Å²) in [5.41, 5.74) is 3.55. The number of hydrogen-bond acceptors (Lipinski definition) is 5. The summed E-state index contributed by atoms with van der Waals surface area (Å²) in [6.07, 6.45) is 0. The zero-order valence-electron chi connectivity index (χ0n) is 14.2. The number of carbonyl (C=O) groups is 2. The van der Waals surface area contributed by atoms with Crippen molar-refractivity contribution in [2.24, 2.45) is 7.05 Å². The lowest BCUT2D eigenvalue weighted by atomic mass is 9.98. The van der Waals surface area contributed by atoms with Crippen LogP contribution in [0.15, 0.2) is 6.07 Å². The fraction of sp³-hybridized carbons (Fsp3) is 0.438. The number of esters is 1. The maximum absolute atomic E-state index is 12.5. The highest BCUT2D eigenvalue weighted by Crippen LogP contribution is 2.29. The number of aryl methyl sites for hydroxylation is 3. The highest BCUT2D eigenvalue weighted by atomic mass is 32.1. The molecule has 0 saturated carbocycles. The fourth-order valence-corrected chi connectivity index (χ4v) is 3.61. The highest BCUT2D eigenvalue weighted by molar-refractivity contribution is 7.18. The van der Waals surface area contributed by atoms with Gasteiger partial charge in [-0.15, -0.1) is 11.3 Å². The number of carbonyl (C=O) groups excluding carboxylic acids is 2. The predicted octanol–water partition coefficient (Wildman–Crippen LogP) is 2.94. The molecule has 23 heavy (non-hydrogen) atoms. The number of nitrogens with one attached hydrogen (secondary N) is 1. The van der Waals surface area contributed by atoms with E-state index in [9.17, 15) is 9.59 Å². The van der Waals surface area contributed by atoms with Gasteiger partial charge in [-0.1, -0.05) is 0 Å². The Bertz CT molecular complexity index is 761. The Balaban J connectivity index is 2.20. The fourth-order valence-electron chi connectivity index (χ4n) is 2.62. The molecule has 0 fully saturated rings. The van der Waals surface area contributed by atoms with Gasteiger partial charge in [0, 0.05) is 18.3 Å². The Morgan fingerprint density at radius 1 is 1.35 bits per heavy atom. The lowest BCUT2D eigenvalue weighted by molar-refractivity contribution is -0.117. The van der Waals surface area contributed by atoms with Crippen LogP contribution in [0.1, 0.15) is 45.0 Å². The van der Waals surface area contributed by atoms with Crippen molar-refractivity contribution in [3.05, 3.63) is 33.5 Å². The largest absolute Gasteiger partial charge is 0.465 e. The van der Waals surface area contributed by atoms with Gasteiger partial charge in [0.2, 0.25) is 5.91 Å². The molecule has 0 aromatic carbocycles. The third kappa shape index (κ3) is 3.29. The Morgan fingerprint density at radius 2 is 2.00 bits per heavy atom. The van der Waals surface area contributed by atoms with Gasteiger partial charge in [-0.05, 0) is 39.3 Å². The number of rotatable bonds is 4. The maximum Gasteiger partial charge on any atom is 0.348 e. The van der Waals surface area contributed by atoms with Gasteiger partial charge in [0.1, 0.15) is 4.88 Å². The highest BCUT2D eigenvalue weighted by Gasteiger charge is 2.24. The summed E-state index contributed by atoms with van der Waals surface area (Å²) >= 11 is 1.22. The maximum atomic E-state index is 12.5. The molecule has 0 aliphatic carbocycles. The Kier molecular flexibility index (Phi) is 4.89. The van der Waals surface area contributed by atoms with Crippen molar-refractivity contribution in [3.8, 4) is 0 Å². The standard InChI is InChI=1S/C16H21N3O3S/c1-8-7-12(23-14(8)16(21)22-6)17-15(20)9(2)13-10(3)18-19(5)11(13)4/h7,9H,1-6H3,(H,17,20)/t9-/m0/s1. The molecule has 0 spiro atoms. The average molecular weight is 335 g/mol. The zero-order valence-corrected chi connectivity index (χ0v) is 15.0. The van der Waals surface area contributed by atoms with Crippen LogP contribution in [-0.4, -0.2) is 28.8 Å². The lowest BCUT2D eigenvalue weighted by Gasteiger charge is -2.12. The van der Waals surface area contributed by atoms with Crippen molar-refractivity contribution >= 4 is 28.2 Å². The van der Waals surface area contributed by atoms with Crippen LogP contribution in [-0.2, 0) is 16.6 Å². The first-order valence-electron chi connectivity index (χ1n) is 7.26. The third-order valence-electron chi connectivity index (χ3n) is 3.93. The summed E-state index contributed by atoms with van der Waals surface area (Å²) in [7, 11) is 3.21. The van der Waals surface area contributed by atoms with Crippen LogP contribution in [0.3, 0.4) is 0 Å². The van der Waals surface area contributed by atoms with E-state index in [-0.39, 0.29) is 17.8 Å². The van der Waals surface area contributed by atoms with Crippen molar-refractivity contribution in [2.75, 3.05) is 12.4 Å². The number of nitrogens with zero attached hydrogens (tertiary/aromatic N) is 2. The lowest BCUT2D eigenvalue weighted by Crippen LogP contribution is -2.19. The Morgan fingerprint density at radius 3 is 2.52 bits per heavy atom. The van der Waals surface area contributed by atoms with Gasteiger partial charge >= 0.3 is 5.97 Å². The second kappa shape index (κ2) is 6.54. The first-order valence-corrected chi connectivity index (χ1v) is 8.07. The van der Waals surface area contributed by atoms with Gasteiger partial charge in [0.25, 0.3) is 0 Å². The molecule has 7 heteroatoms. The van der Waals surface area contributed by atoms with Crippen LogP contribution < -0.4 is 5.32 Å². The summed E-state index contributed by atoms with van der Waals surface area (Å²) in [5.74, 6) is -0.838. The van der Waals surface area contributed by atoms with Crippen LogP contribution in [0.2, 0.25) is 0 Å². The first kappa shape index (κ1) is 17.2. The van der Waals surface area contributed by atoms with E-state index in [1.807, 2.05) is 34.7 Å². The zero-order chi connectivity index (χ0) is 17.3. The van der Waals surface area contributed by atoms with E-state index in [0.717, 1.165) is 22.5 Å². The van der Waals surface area contributed by atoms with E-state index >= 15 is 0 Å². The summed E-state index contributed by atoms with van der Waals surface area (Å²) in [6.45, 7) is 7.52. The molecule has 2 aromatic rings. The molecule has 1 atom stereocenters. The Labute approximate surface area is 139 Å². The molecule has 0 unspecified atom stereocenters. The van der Waals surface area contributed by atoms with Gasteiger partial charge in [0.15, 0.2) is 0 Å². The van der Waals surface area contributed by atoms with E-state index < -0.39 is 0 Å². The quantitative estimate of drug-likeness (QED) is 0.872. The topological polar surface area (TPSA) is 73.2 Å². The predicted molar refractivity (Wildman–Crippen MR) is 90.1 cm³/mol. The van der Waals surface area contributed by atoms with E-state index in [1.54, 1.807) is 10.7 Å².